The Balaban J connectivity index is 1.77. The van der Waals surface area contributed by atoms with Crippen LogP contribution in [0.1, 0.15) is 34.8 Å². The van der Waals surface area contributed by atoms with Crippen LogP contribution in [0, 0.1) is 5.92 Å². The number of hydrogen-bond acceptors (Lipinski definition) is 5. The van der Waals surface area contributed by atoms with Gasteiger partial charge in [0.05, 0.1) is 0 Å². The molecule has 1 fully saturated rings. The van der Waals surface area contributed by atoms with Gasteiger partial charge in [0.1, 0.15) is 11.5 Å². The standard InChI is InChI=1S/C23H27ClF3N3O3S/c1-2-34(32)21-6-5-19(24)9-18(21)12-29-22(31)16-3-4-17(20(10-16)33-23(25,26)27)14-30-8-7-15(11-28)13-30/h3-6,9-10,15H,2,7-8,11-14,28H2,1H3,(H,29,31)/t15-,34?/m1/s1. The van der Waals surface area contributed by atoms with Crippen molar-refractivity contribution in [2.45, 2.75) is 37.7 Å². The van der Waals surface area contributed by atoms with Crippen molar-refractivity contribution in [1.29, 1.82) is 0 Å². The molecule has 2 aromatic rings. The molecule has 0 aromatic heterocycles. The van der Waals surface area contributed by atoms with E-state index < -0.39 is 29.2 Å². The molecule has 1 aliphatic heterocycles. The van der Waals surface area contributed by atoms with E-state index in [0.717, 1.165) is 19.0 Å². The molecule has 1 heterocycles. The van der Waals surface area contributed by atoms with E-state index in [-0.39, 0.29) is 18.7 Å². The summed E-state index contributed by atoms with van der Waals surface area (Å²) in [5.41, 5.74) is 6.63. The lowest BCUT2D eigenvalue weighted by atomic mass is 10.1. The number of amides is 1. The number of alkyl halides is 3. The average Bonchev–Trinajstić information content (AvgIpc) is 3.24. The molecule has 1 saturated heterocycles. The van der Waals surface area contributed by atoms with Crippen molar-refractivity contribution in [2.75, 3.05) is 25.4 Å². The summed E-state index contributed by atoms with van der Waals surface area (Å²) in [4.78, 5) is 15.3. The molecule has 11 heteroatoms. The molecule has 1 aliphatic rings. The summed E-state index contributed by atoms with van der Waals surface area (Å²) in [6.45, 7) is 4.02. The molecule has 0 bridgehead atoms. The number of nitrogens with one attached hydrogen (secondary N) is 1. The lowest BCUT2D eigenvalue weighted by molar-refractivity contribution is -0.275. The second-order valence-corrected chi connectivity index (χ2v) is 10.2. The minimum atomic E-state index is -4.89. The maximum atomic E-state index is 13.1. The predicted molar refractivity (Wildman–Crippen MR) is 125 cm³/mol. The Morgan fingerprint density at radius 1 is 1.29 bits per heavy atom. The molecule has 1 amide bonds. The largest absolute Gasteiger partial charge is 0.611 e. The molecule has 2 atom stereocenters. The number of carbonyl (C=O) groups is 1. The van der Waals surface area contributed by atoms with Gasteiger partial charge in [0.25, 0.3) is 5.91 Å². The number of benzene rings is 2. The van der Waals surface area contributed by atoms with Crippen LogP contribution in [0.25, 0.3) is 0 Å². The van der Waals surface area contributed by atoms with Gasteiger partial charge in [0.2, 0.25) is 0 Å². The highest BCUT2D eigenvalue weighted by Gasteiger charge is 2.33. The first-order chi connectivity index (χ1) is 16.1. The van der Waals surface area contributed by atoms with Gasteiger partial charge in [-0.2, -0.15) is 0 Å². The Morgan fingerprint density at radius 3 is 2.71 bits per heavy atom. The fourth-order valence-corrected chi connectivity index (χ4v) is 5.03. The van der Waals surface area contributed by atoms with Crippen LogP contribution >= 0.6 is 11.6 Å². The first-order valence-electron chi connectivity index (χ1n) is 10.9. The third kappa shape index (κ3) is 7.26. The summed E-state index contributed by atoms with van der Waals surface area (Å²) in [5.74, 6) is -0.288. The van der Waals surface area contributed by atoms with E-state index in [1.807, 2.05) is 4.90 Å². The summed E-state index contributed by atoms with van der Waals surface area (Å²) < 4.78 is 55.7. The van der Waals surface area contributed by atoms with Gasteiger partial charge in [-0.15, -0.1) is 13.2 Å². The molecule has 3 rings (SSSR count). The highest BCUT2D eigenvalue weighted by molar-refractivity contribution is 7.91. The monoisotopic (exact) mass is 517 g/mol. The summed E-state index contributed by atoms with van der Waals surface area (Å²) >= 11 is 4.78. The van der Waals surface area contributed by atoms with Crippen molar-refractivity contribution < 1.29 is 27.3 Å². The molecule has 0 saturated carbocycles. The number of likely N-dealkylation sites (tertiary alicyclic amines) is 1. The molecular formula is C23H27ClF3N3O3S. The quantitative estimate of drug-likeness (QED) is 0.489. The van der Waals surface area contributed by atoms with Crippen molar-refractivity contribution in [3.05, 3.63) is 58.1 Å². The Morgan fingerprint density at radius 2 is 2.06 bits per heavy atom. The van der Waals surface area contributed by atoms with Crippen LogP contribution in [-0.2, 0) is 24.3 Å². The van der Waals surface area contributed by atoms with Gasteiger partial charge < -0.3 is 20.3 Å². The molecule has 0 spiro atoms. The number of nitrogens with zero attached hydrogens (tertiary/aromatic N) is 1. The Bertz CT molecular complexity index is 1010. The maximum absolute atomic E-state index is 13.1. The molecule has 0 radical (unpaired) electrons. The number of ether oxygens (including phenoxy) is 1. The van der Waals surface area contributed by atoms with Gasteiger partial charge in [0, 0.05) is 41.3 Å². The lowest BCUT2D eigenvalue weighted by Gasteiger charge is -2.20. The van der Waals surface area contributed by atoms with Gasteiger partial charge in [-0.25, -0.2) is 0 Å². The van der Waals surface area contributed by atoms with E-state index in [1.165, 1.54) is 12.1 Å². The SMILES string of the molecule is CC[S+]([O-])c1ccc(Cl)cc1CNC(=O)c1ccc(CN2CC[C@H](CN)C2)c(OC(F)(F)F)c1. The first kappa shape index (κ1) is 26.6. The van der Waals surface area contributed by atoms with Crippen LogP contribution in [0.4, 0.5) is 13.2 Å². The van der Waals surface area contributed by atoms with E-state index in [2.05, 4.69) is 10.1 Å². The molecule has 2 aromatic carbocycles. The molecule has 186 valence electrons. The second kappa shape index (κ2) is 11.6. The van der Waals surface area contributed by atoms with E-state index >= 15 is 0 Å². The third-order valence-corrected chi connectivity index (χ3v) is 7.27. The van der Waals surface area contributed by atoms with Crippen molar-refractivity contribution in [3.63, 3.8) is 0 Å². The molecule has 1 unspecified atom stereocenters. The number of rotatable bonds is 9. The van der Waals surface area contributed by atoms with Crippen LogP contribution in [0.3, 0.4) is 0 Å². The molecule has 3 N–H and O–H groups in total. The number of hydrogen-bond donors (Lipinski definition) is 2. The maximum Gasteiger partial charge on any atom is 0.573 e. The summed E-state index contributed by atoms with van der Waals surface area (Å²) in [6.07, 6.45) is -4.00. The Kier molecular flexibility index (Phi) is 9.11. The smallest absolute Gasteiger partial charge is 0.573 e. The van der Waals surface area contributed by atoms with Crippen LogP contribution in [0.2, 0.25) is 5.02 Å². The van der Waals surface area contributed by atoms with Crippen molar-refractivity contribution in [3.8, 4) is 5.75 Å². The molecule has 6 nitrogen and oxygen atoms in total. The van der Waals surface area contributed by atoms with Crippen molar-refractivity contribution in [1.82, 2.24) is 10.2 Å². The normalized spacial score (nSPS) is 17.6. The highest BCUT2D eigenvalue weighted by Crippen LogP contribution is 2.30. The number of carbonyl (C=O) groups excluding carboxylic acids is 1. The summed E-state index contributed by atoms with van der Waals surface area (Å²) in [5, 5.41) is 3.09. The molecule has 0 aliphatic carbocycles. The Hall–Kier alpha value is -1.98. The van der Waals surface area contributed by atoms with Crippen molar-refractivity contribution in [2.24, 2.45) is 11.7 Å². The lowest BCUT2D eigenvalue weighted by Crippen LogP contribution is -2.26. The van der Waals surface area contributed by atoms with Crippen LogP contribution in [0.5, 0.6) is 5.75 Å². The highest BCUT2D eigenvalue weighted by atomic mass is 35.5. The number of halogens is 4. The second-order valence-electron chi connectivity index (χ2n) is 8.06. The molecular weight excluding hydrogens is 491 g/mol. The zero-order valence-corrected chi connectivity index (χ0v) is 20.2. The van der Waals surface area contributed by atoms with E-state index in [4.69, 9.17) is 17.3 Å². The third-order valence-electron chi connectivity index (χ3n) is 5.62. The Labute approximate surface area is 204 Å². The van der Waals surface area contributed by atoms with Gasteiger partial charge in [0.15, 0.2) is 4.90 Å². The van der Waals surface area contributed by atoms with Gasteiger partial charge >= 0.3 is 6.36 Å². The van der Waals surface area contributed by atoms with E-state index in [1.54, 1.807) is 25.1 Å². The number of nitrogens with two attached hydrogens (primary N) is 1. The summed E-state index contributed by atoms with van der Waals surface area (Å²) in [6, 6.07) is 8.90. The van der Waals surface area contributed by atoms with Gasteiger partial charge in [-0.05, 0) is 73.9 Å². The zero-order chi connectivity index (χ0) is 24.9. The van der Waals surface area contributed by atoms with Crippen LogP contribution < -0.4 is 15.8 Å². The summed E-state index contributed by atoms with van der Waals surface area (Å²) in [7, 11) is 0. The topological polar surface area (TPSA) is 90.7 Å². The van der Waals surface area contributed by atoms with Crippen LogP contribution in [0.15, 0.2) is 41.3 Å². The first-order valence-corrected chi connectivity index (χ1v) is 12.6. The minimum Gasteiger partial charge on any atom is -0.611 e. The predicted octanol–water partition coefficient (Wildman–Crippen LogP) is 4.08. The van der Waals surface area contributed by atoms with E-state index in [9.17, 15) is 22.5 Å². The zero-order valence-electron chi connectivity index (χ0n) is 18.7. The minimum absolute atomic E-state index is 0.0180. The fraction of sp³-hybridized carbons (Fsp3) is 0.435. The van der Waals surface area contributed by atoms with Crippen LogP contribution in [-0.4, -0.2) is 47.1 Å². The fourth-order valence-electron chi connectivity index (χ4n) is 3.88. The van der Waals surface area contributed by atoms with Gasteiger partial charge in [-0.1, -0.05) is 17.7 Å². The average molecular weight is 518 g/mol. The van der Waals surface area contributed by atoms with Gasteiger partial charge in [-0.3, -0.25) is 9.69 Å². The molecule has 34 heavy (non-hydrogen) atoms. The van der Waals surface area contributed by atoms with Crippen molar-refractivity contribution >= 4 is 28.7 Å². The van der Waals surface area contributed by atoms with E-state index in [0.29, 0.717) is 45.8 Å².